The molecular weight excluding hydrogens is 462 g/mol. The number of carbonyl (C=O) groups excluding carboxylic acids is 1. The van der Waals surface area contributed by atoms with E-state index >= 15 is 0 Å². The van der Waals surface area contributed by atoms with Gasteiger partial charge >= 0.3 is 0 Å². The van der Waals surface area contributed by atoms with E-state index in [1.807, 2.05) is 12.1 Å². The van der Waals surface area contributed by atoms with Crippen LogP contribution in [-0.2, 0) is 10.0 Å². The summed E-state index contributed by atoms with van der Waals surface area (Å²) in [6.45, 7) is 7.34. The van der Waals surface area contributed by atoms with E-state index in [9.17, 15) is 13.2 Å². The van der Waals surface area contributed by atoms with Crippen LogP contribution < -0.4 is 5.32 Å². The van der Waals surface area contributed by atoms with Gasteiger partial charge in [0.05, 0.1) is 27.8 Å². The highest BCUT2D eigenvalue weighted by Crippen LogP contribution is 2.29. The standard InChI is InChI=1S/C24H32ClN3O4S/c1-17-12-18(2)16-28(15-17)33(30,31)19-7-8-21(25)20(13-19)24(29)26-14-22(23-6-5-11-32-23)27-9-3-4-10-27/h5-8,11,13,17-18,22H,3-4,9-10,12,14-16H2,1-2H3,(H,26,29). The average Bonchev–Trinajstić information content (AvgIpc) is 3.48. The second-order valence-electron chi connectivity index (χ2n) is 9.39. The van der Waals surface area contributed by atoms with E-state index in [1.165, 1.54) is 22.5 Å². The lowest BCUT2D eigenvalue weighted by molar-refractivity contribution is 0.0933. The zero-order chi connectivity index (χ0) is 23.6. The molecule has 0 bridgehead atoms. The van der Waals surface area contributed by atoms with Crippen LogP contribution in [0.5, 0.6) is 0 Å². The lowest BCUT2D eigenvalue weighted by atomic mass is 9.94. The Labute approximate surface area is 201 Å². The van der Waals surface area contributed by atoms with Crippen molar-refractivity contribution in [2.24, 2.45) is 11.8 Å². The molecule has 0 saturated carbocycles. The maximum absolute atomic E-state index is 13.3. The van der Waals surface area contributed by atoms with Crippen LogP contribution in [-0.4, -0.2) is 56.3 Å². The summed E-state index contributed by atoms with van der Waals surface area (Å²) < 4.78 is 33.7. The maximum atomic E-state index is 13.3. The van der Waals surface area contributed by atoms with Crippen LogP contribution in [0, 0.1) is 11.8 Å². The Balaban J connectivity index is 1.51. The van der Waals surface area contributed by atoms with E-state index in [0.717, 1.165) is 38.1 Å². The second-order valence-corrected chi connectivity index (χ2v) is 11.7. The predicted molar refractivity (Wildman–Crippen MR) is 128 cm³/mol. The van der Waals surface area contributed by atoms with Gasteiger partial charge in [0.15, 0.2) is 0 Å². The van der Waals surface area contributed by atoms with Gasteiger partial charge in [0.2, 0.25) is 10.0 Å². The van der Waals surface area contributed by atoms with Gasteiger partial charge < -0.3 is 9.73 Å². The van der Waals surface area contributed by atoms with Crippen molar-refractivity contribution in [3.05, 3.63) is 52.9 Å². The number of hydrogen-bond donors (Lipinski definition) is 1. The lowest BCUT2D eigenvalue weighted by Crippen LogP contribution is -2.42. The Hall–Kier alpha value is -1.87. The van der Waals surface area contributed by atoms with E-state index in [4.69, 9.17) is 16.0 Å². The molecule has 7 nitrogen and oxygen atoms in total. The number of furan rings is 1. The lowest BCUT2D eigenvalue weighted by Gasteiger charge is -2.34. The zero-order valence-corrected chi connectivity index (χ0v) is 20.7. The molecule has 0 aliphatic carbocycles. The first-order valence-electron chi connectivity index (χ1n) is 11.6. The minimum atomic E-state index is -3.71. The third kappa shape index (κ3) is 5.45. The van der Waals surface area contributed by atoms with Crippen LogP contribution in [0.3, 0.4) is 0 Å². The van der Waals surface area contributed by atoms with E-state index in [0.29, 0.717) is 31.5 Å². The van der Waals surface area contributed by atoms with Crippen molar-refractivity contribution in [1.29, 1.82) is 0 Å². The van der Waals surface area contributed by atoms with Gasteiger partial charge in [-0.05, 0) is 74.5 Å². The molecule has 1 aromatic carbocycles. The van der Waals surface area contributed by atoms with E-state index in [-0.39, 0.29) is 21.5 Å². The molecule has 1 aromatic heterocycles. The Bertz CT molecular complexity index is 1060. The van der Waals surface area contributed by atoms with Gasteiger partial charge in [-0.2, -0.15) is 4.31 Å². The fraction of sp³-hybridized carbons (Fsp3) is 0.542. The number of hydrogen-bond acceptors (Lipinski definition) is 5. The van der Waals surface area contributed by atoms with Crippen LogP contribution in [0.4, 0.5) is 0 Å². The Morgan fingerprint density at radius 1 is 1.18 bits per heavy atom. The summed E-state index contributed by atoms with van der Waals surface area (Å²) in [6, 6.07) is 8.05. The summed E-state index contributed by atoms with van der Waals surface area (Å²) >= 11 is 6.32. The van der Waals surface area contributed by atoms with E-state index < -0.39 is 15.9 Å². The summed E-state index contributed by atoms with van der Waals surface area (Å²) in [5.74, 6) is 0.992. The van der Waals surface area contributed by atoms with Crippen molar-refractivity contribution in [2.75, 3.05) is 32.7 Å². The van der Waals surface area contributed by atoms with Gasteiger partial charge in [-0.1, -0.05) is 25.4 Å². The van der Waals surface area contributed by atoms with Gasteiger partial charge in [-0.3, -0.25) is 9.69 Å². The third-order valence-electron chi connectivity index (χ3n) is 6.56. The molecule has 1 N–H and O–H groups in total. The number of benzene rings is 1. The van der Waals surface area contributed by atoms with Gasteiger partial charge in [-0.25, -0.2) is 8.42 Å². The summed E-state index contributed by atoms with van der Waals surface area (Å²) in [5, 5.41) is 3.17. The first-order chi connectivity index (χ1) is 15.8. The largest absolute Gasteiger partial charge is 0.468 e. The Kier molecular flexibility index (Phi) is 7.48. The quantitative estimate of drug-likeness (QED) is 0.626. The molecule has 4 rings (SSSR count). The topological polar surface area (TPSA) is 82.9 Å². The number of piperidine rings is 1. The molecular formula is C24H32ClN3O4S. The molecule has 0 spiro atoms. The van der Waals surface area contributed by atoms with Crippen molar-refractivity contribution in [1.82, 2.24) is 14.5 Å². The molecule has 2 fully saturated rings. The van der Waals surface area contributed by atoms with Crippen molar-refractivity contribution < 1.29 is 17.6 Å². The molecule has 9 heteroatoms. The van der Waals surface area contributed by atoms with Gasteiger partial charge in [-0.15, -0.1) is 0 Å². The number of rotatable bonds is 7. The summed E-state index contributed by atoms with van der Waals surface area (Å²) in [6.07, 6.45) is 4.87. The van der Waals surface area contributed by atoms with Crippen LogP contribution in [0.2, 0.25) is 5.02 Å². The molecule has 0 radical (unpaired) electrons. The molecule has 2 saturated heterocycles. The number of carbonyl (C=O) groups is 1. The third-order valence-corrected chi connectivity index (χ3v) is 8.72. The fourth-order valence-corrected chi connectivity index (χ4v) is 6.93. The highest BCUT2D eigenvalue weighted by molar-refractivity contribution is 7.89. The van der Waals surface area contributed by atoms with Gasteiger partial charge in [0, 0.05) is 19.6 Å². The molecule has 3 unspecified atom stereocenters. The smallest absolute Gasteiger partial charge is 0.252 e. The monoisotopic (exact) mass is 493 g/mol. The maximum Gasteiger partial charge on any atom is 0.252 e. The fourth-order valence-electron chi connectivity index (χ4n) is 5.02. The number of nitrogens with one attached hydrogen (secondary N) is 1. The SMILES string of the molecule is CC1CC(C)CN(S(=O)(=O)c2ccc(Cl)c(C(=O)NCC(c3ccco3)N3CCCC3)c2)C1. The average molecular weight is 494 g/mol. The number of sulfonamides is 1. The number of amides is 1. The molecule has 2 aliphatic rings. The second kappa shape index (κ2) is 10.2. The number of nitrogens with zero attached hydrogens (tertiary/aromatic N) is 2. The normalized spacial score (nSPS) is 23.5. The van der Waals surface area contributed by atoms with Crippen LogP contribution in [0.15, 0.2) is 45.9 Å². The van der Waals surface area contributed by atoms with Crippen LogP contribution in [0.1, 0.15) is 55.3 Å². The molecule has 2 aliphatic heterocycles. The van der Waals surface area contributed by atoms with E-state index in [1.54, 1.807) is 6.26 Å². The summed E-state index contributed by atoms with van der Waals surface area (Å²) in [5.41, 5.74) is 0.162. The highest BCUT2D eigenvalue weighted by Gasteiger charge is 2.32. The van der Waals surface area contributed by atoms with Crippen LogP contribution in [0.25, 0.3) is 0 Å². The molecule has 33 heavy (non-hydrogen) atoms. The molecule has 1 amide bonds. The van der Waals surface area contributed by atoms with Crippen molar-refractivity contribution in [3.8, 4) is 0 Å². The summed E-state index contributed by atoms with van der Waals surface area (Å²) in [4.78, 5) is 15.5. The first kappa shape index (κ1) is 24.3. The zero-order valence-electron chi connectivity index (χ0n) is 19.2. The number of halogens is 1. The molecule has 3 heterocycles. The summed E-state index contributed by atoms with van der Waals surface area (Å²) in [7, 11) is -3.71. The van der Waals surface area contributed by atoms with E-state index in [2.05, 4.69) is 24.1 Å². The predicted octanol–water partition coefficient (Wildman–Crippen LogP) is 4.17. The first-order valence-corrected chi connectivity index (χ1v) is 13.4. The van der Waals surface area contributed by atoms with Gasteiger partial charge in [0.25, 0.3) is 5.91 Å². The van der Waals surface area contributed by atoms with Gasteiger partial charge in [0.1, 0.15) is 5.76 Å². The van der Waals surface area contributed by atoms with Crippen molar-refractivity contribution in [2.45, 2.75) is 44.0 Å². The van der Waals surface area contributed by atoms with Crippen molar-refractivity contribution >= 4 is 27.5 Å². The Morgan fingerprint density at radius 3 is 2.52 bits per heavy atom. The number of likely N-dealkylation sites (tertiary alicyclic amines) is 1. The molecule has 2 aromatic rings. The van der Waals surface area contributed by atoms with Crippen molar-refractivity contribution in [3.63, 3.8) is 0 Å². The minimum absolute atomic E-state index is 0.0755. The highest BCUT2D eigenvalue weighted by atomic mass is 35.5. The minimum Gasteiger partial charge on any atom is -0.468 e. The molecule has 180 valence electrons. The van der Waals surface area contributed by atoms with Crippen LogP contribution >= 0.6 is 11.6 Å². The molecule has 3 atom stereocenters. The Morgan fingerprint density at radius 2 is 1.88 bits per heavy atom.